The van der Waals surface area contributed by atoms with Gasteiger partial charge in [0.15, 0.2) is 11.6 Å². The van der Waals surface area contributed by atoms with Crippen molar-refractivity contribution in [2.24, 2.45) is 5.92 Å². The van der Waals surface area contributed by atoms with Crippen LogP contribution in [0, 0.1) is 5.92 Å². The summed E-state index contributed by atoms with van der Waals surface area (Å²) in [5, 5.41) is 0. The van der Waals surface area contributed by atoms with Gasteiger partial charge in [-0.15, -0.1) is 0 Å². The van der Waals surface area contributed by atoms with Crippen LogP contribution in [-0.2, 0) is 32.2 Å². The van der Waals surface area contributed by atoms with E-state index < -0.39 is 11.9 Å². The second-order valence-corrected chi connectivity index (χ2v) is 10.2. The zero-order valence-electron chi connectivity index (χ0n) is 22.2. The van der Waals surface area contributed by atoms with Gasteiger partial charge in [0.25, 0.3) is 0 Å². The van der Waals surface area contributed by atoms with Crippen LogP contribution in [0.1, 0.15) is 61.5 Å². The first-order valence-electron chi connectivity index (χ1n) is 13.7. The fourth-order valence-corrected chi connectivity index (χ4v) is 5.48. The second kappa shape index (κ2) is 12.7. The van der Waals surface area contributed by atoms with Crippen LogP contribution >= 0.6 is 0 Å². The molecule has 0 radical (unpaired) electrons. The number of hydrogen-bond acceptors (Lipinski definition) is 4. The van der Waals surface area contributed by atoms with Gasteiger partial charge in [-0.3, -0.25) is 0 Å². The maximum atomic E-state index is 16.6. The van der Waals surface area contributed by atoms with Crippen LogP contribution in [-0.4, -0.2) is 24.9 Å². The van der Waals surface area contributed by atoms with E-state index in [4.69, 9.17) is 18.9 Å². The van der Waals surface area contributed by atoms with Gasteiger partial charge in [0.2, 0.25) is 0 Å². The molecule has 0 spiro atoms. The molecule has 5 heteroatoms. The summed E-state index contributed by atoms with van der Waals surface area (Å²) >= 11 is 0. The largest absolute Gasteiger partial charge is 0.488 e. The average Bonchev–Trinajstić information content (AvgIpc) is 3.51. The fraction of sp³-hybridized carbons (Fsp3) is 0.394. The van der Waals surface area contributed by atoms with E-state index >= 15 is 4.39 Å². The molecule has 0 amide bonds. The van der Waals surface area contributed by atoms with Crippen molar-refractivity contribution in [2.45, 2.75) is 70.7 Å². The Kier molecular flexibility index (Phi) is 8.90. The standard InChI is InChI=1S/C33H37FO4/c1-3-28-23(2)31(36-21-24-13-6-4-7-14-24)33(37-22-25-15-8-5-9-16-25)32(38-28)30(34)27-18-11-10-17-26(27)29-19-12-20-35-29/h4-11,13-18,23,28-29,31,33H,3,12,19-22H2,1-2H3/t23-,28-,29?,31+,33-/m1/s1. The number of benzene rings is 3. The maximum absolute atomic E-state index is 16.6. The highest BCUT2D eigenvalue weighted by atomic mass is 19.1. The van der Waals surface area contributed by atoms with Crippen LogP contribution < -0.4 is 0 Å². The van der Waals surface area contributed by atoms with Gasteiger partial charge in [0.05, 0.1) is 25.4 Å². The van der Waals surface area contributed by atoms with Crippen LogP contribution in [0.25, 0.3) is 5.83 Å². The van der Waals surface area contributed by atoms with Crippen LogP contribution in [0.4, 0.5) is 4.39 Å². The minimum Gasteiger partial charge on any atom is -0.488 e. The van der Waals surface area contributed by atoms with Gasteiger partial charge in [-0.05, 0) is 36.0 Å². The lowest BCUT2D eigenvalue weighted by molar-refractivity contribution is -0.167. The quantitative estimate of drug-likeness (QED) is 0.291. The molecule has 0 N–H and O–H groups in total. The monoisotopic (exact) mass is 516 g/mol. The molecule has 38 heavy (non-hydrogen) atoms. The van der Waals surface area contributed by atoms with Crippen LogP contribution in [0.15, 0.2) is 90.7 Å². The zero-order chi connectivity index (χ0) is 26.3. The summed E-state index contributed by atoms with van der Waals surface area (Å²) in [5.74, 6) is -0.170. The molecule has 2 saturated heterocycles. The van der Waals surface area contributed by atoms with Gasteiger partial charge in [-0.1, -0.05) is 98.8 Å². The molecule has 200 valence electrons. The minimum absolute atomic E-state index is 0.00875. The number of halogens is 1. The predicted molar refractivity (Wildman–Crippen MR) is 147 cm³/mol. The van der Waals surface area contributed by atoms with E-state index in [9.17, 15) is 0 Å². The third kappa shape index (κ3) is 6.01. The van der Waals surface area contributed by atoms with E-state index in [0.717, 1.165) is 36.0 Å². The van der Waals surface area contributed by atoms with Gasteiger partial charge < -0.3 is 18.9 Å². The molecule has 2 aliphatic rings. The first-order valence-corrected chi connectivity index (χ1v) is 13.7. The van der Waals surface area contributed by atoms with E-state index in [0.29, 0.717) is 25.4 Å². The lowest BCUT2D eigenvalue weighted by Gasteiger charge is -2.42. The van der Waals surface area contributed by atoms with Gasteiger partial charge in [0.1, 0.15) is 12.2 Å². The maximum Gasteiger partial charge on any atom is 0.171 e. The van der Waals surface area contributed by atoms with Gasteiger partial charge >= 0.3 is 0 Å². The molecule has 3 aromatic rings. The Morgan fingerprint density at radius 1 is 0.868 bits per heavy atom. The van der Waals surface area contributed by atoms with Crippen molar-refractivity contribution in [1.82, 2.24) is 0 Å². The first-order chi connectivity index (χ1) is 18.7. The van der Waals surface area contributed by atoms with Crippen LogP contribution in [0.5, 0.6) is 0 Å². The van der Waals surface area contributed by atoms with E-state index in [1.807, 2.05) is 84.9 Å². The Bertz CT molecular complexity index is 1190. The molecule has 2 fully saturated rings. The summed E-state index contributed by atoms with van der Waals surface area (Å²) in [7, 11) is 0. The third-order valence-corrected chi connectivity index (χ3v) is 7.59. The molecule has 0 saturated carbocycles. The molecule has 5 rings (SSSR count). The van der Waals surface area contributed by atoms with Crippen molar-refractivity contribution in [3.63, 3.8) is 0 Å². The van der Waals surface area contributed by atoms with Crippen molar-refractivity contribution in [3.05, 3.63) is 113 Å². The summed E-state index contributed by atoms with van der Waals surface area (Å²) < 4.78 is 42.0. The molecule has 5 atom stereocenters. The van der Waals surface area contributed by atoms with E-state index in [1.54, 1.807) is 0 Å². The van der Waals surface area contributed by atoms with E-state index in [1.165, 1.54) is 0 Å². The summed E-state index contributed by atoms with van der Waals surface area (Å²) in [5.41, 5.74) is 3.44. The summed E-state index contributed by atoms with van der Waals surface area (Å²) in [6.07, 6.45) is 1.20. The number of rotatable bonds is 9. The molecule has 0 bridgehead atoms. The minimum atomic E-state index is -0.700. The highest BCUT2D eigenvalue weighted by Crippen LogP contribution is 2.41. The van der Waals surface area contributed by atoms with Crippen LogP contribution in [0.3, 0.4) is 0 Å². The van der Waals surface area contributed by atoms with Gasteiger partial charge in [0, 0.05) is 18.1 Å². The number of ether oxygens (including phenoxy) is 4. The fourth-order valence-electron chi connectivity index (χ4n) is 5.48. The Morgan fingerprint density at radius 2 is 1.50 bits per heavy atom. The van der Waals surface area contributed by atoms with Gasteiger partial charge in [-0.2, -0.15) is 0 Å². The number of hydrogen-bond donors (Lipinski definition) is 0. The summed E-state index contributed by atoms with van der Waals surface area (Å²) in [6, 6.07) is 27.6. The van der Waals surface area contributed by atoms with Crippen molar-refractivity contribution in [2.75, 3.05) is 6.61 Å². The zero-order valence-corrected chi connectivity index (χ0v) is 22.2. The van der Waals surface area contributed by atoms with Crippen molar-refractivity contribution >= 4 is 5.83 Å². The molecule has 4 nitrogen and oxygen atoms in total. The highest BCUT2D eigenvalue weighted by Gasteiger charge is 2.44. The molecule has 0 aliphatic carbocycles. The lowest BCUT2D eigenvalue weighted by Crippen LogP contribution is -2.49. The molecule has 2 heterocycles. The van der Waals surface area contributed by atoms with Crippen LogP contribution in [0.2, 0.25) is 0 Å². The molecule has 3 aromatic carbocycles. The van der Waals surface area contributed by atoms with E-state index in [2.05, 4.69) is 13.8 Å². The molecular weight excluding hydrogens is 479 g/mol. The van der Waals surface area contributed by atoms with Crippen molar-refractivity contribution in [1.29, 1.82) is 0 Å². The third-order valence-electron chi connectivity index (χ3n) is 7.59. The Morgan fingerprint density at radius 3 is 2.13 bits per heavy atom. The molecule has 1 unspecified atom stereocenters. The second-order valence-electron chi connectivity index (χ2n) is 10.2. The average molecular weight is 517 g/mol. The summed E-state index contributed by atoms with van der Waals surface area (Å²) in [4.78, 5) is 0. The Balaban J connectivity index is 1.52. The first kappa shape index (κ1) is 26.6. The molecule has 2 aliphatic heterocycles. The molecular formula is C33H37FO4. The van der Waals surface area contributed by atoms with Crippen molar-refractivity contribution < 1.29 is 23.3 Å². The predicted octanol–water partition coefficient (Wildman–Crippen LogP) is 7.79. The summed E-state index contributed by atoms with van der Waals surface area (Å²) in [6.45, 7) is 5.61. The smallest absolute Gasteiger partial charge is 0.171 e. The SMILES string of the molecule is CC[C@H]1OC(=C(F)c2ccccc2C2CCCO2)[C@H](OCc2ccccc2)[C@@H](OCc2ccccc2)[C@@H]1C. The van der Waals surface area contributed by atoms with Crippen molar-refractivity contribution in [3.8, 4) is 0 Å². The normalized spacial score (nSPS) is 26.7. The van der Waals surface area contributed by atoms with Gasteiger partial charge in [-0.25, -0.2) is 4.39 Å². The Labute approximate surface area is 225 Å². The molecule has 0 aromatic heterocycles. The highest BCUT2D eigenvalue weighted by molar-refractivity contribution is 5.66. The lowest BCUT2D eigenvalue weighted by atomic mass is 9.87. The topological polar surface area (TPSA) is 36.9 Å². The Hall–Kier alpha value is -2.99. The van der Waals surface area contributed by atoms with E-state index in [-0.39, 0.29) is 30.0 Å².